The van der Waals surface area contributed by atoms with Gasteiger partial charge in [-0.3, -0.25) is 9.69 Å². The number of carbonyl (C=O) groups is 1. The van der Waals surface area contributed by atoms with E-state index in [1.165, 1.54) is 12.8 Å². The quantitative estimate of drug-likeness (QED) is 0.690. The minimum absolute atomic E-state index is 0.00681. The third-order valence-corrected chi connectivity index (χ3v) is 8.17. The molecule has 3 N–H and O–H groups in total. The van der Waals surface area contributed by atoms with Crippen molar-refractivity contribution in [2.75, 3.05) is 13.1 Å². The van der Waals surface area contributed by atoms with Gasteiger partial charge in [0.1, 0.15) is 5.75 Å². The van der Waals surface area contributed by atoms with Gasteiger partial charge in [0.2, 0.25) is 5.91 Å². The van der Waals surface area contributed by atoms with Crippen LogP contribution in [0.25, 0.3) is 0 Å². The van der Waals surface area contributed by atoms with Gasteiger partial charge in [-0.1, -0.05) is 19.9 Å². The second-order valence-electron chi connectivity index (χ2n) is 10.5. The summed E-state index contributed by atoms with van der Waals surface area (Å²) in [4.78, 5) is 14.9. The van der Waals surface area contributed by atoms with Gasteiger partial charge < -0.3 is 15.5 Å². The van der Waals surface area contributed by atoms with Crippen molar-refractivity contribution < 1.29 is 15.0 Å². The molecule has 5 heteroatoms. The Hall–Kier alpha value is -1.59. The lowest BCUT2D eigenvalue weighted by atomic mass is 9.52. The maximum atomic E-state index is 12.4. The number of likely N-dealkylation sites (tertiary alicyclic amines) is 1. The van der Waals surface area contributed by atoms with Crippen LogP contribution in [0.2, 0.25) is 0 Å². The molecule has 166 valence electrons. The minimum Gasteiger partial charge on any atom is -0.508 e. The van der Waals surface area contributed by atoms with E-state index in [2.05, 4.69) is 24.1 Å². The van der Waals surface area contributed by atoms with Crippen LogP contribution in [0.15, 0.2) is 18.2 Å². The highest BCUT2D eigenvalue weighted by molar-refractivity contribution is 5.78. The number of rotatable bonds is 5. The number of aliphatic hydroxyl groups is 1. The van der Waals surface area contributed by atoms with Crippen molar-refractivity contribution in [1.82, 2.24) is 10.2 Å². The van der Waals surface area contributed by atoms with Gasteiger partial charge in [0.25, 0.3) is 0 Å². The number of piperidine rings is 1. The van der Waals surface area contributed by atoms with Crippen molar-refractivity contribution in [3.63, 3.8) is 0 Å². The fourth-order valence-electron chi connectivity index (χ4n) is 6.05. The Kier molecular flexibility index (Phi) is 5.65. The second kappa shape index (κ2) is 7.83. The summed E-state index contributed by atoms with van der Waals surface area (Å²) in [5.41, 5.74) is 0.857. The molecule has 2 saturated carbocycles. The number of benzene rings is 1. The first-order valence-electron chi connectivity index (χ1n) is 11.7. The second-order valence-corrected chi connectivity index (χ2v) is 10.5. The predicted octanol–water partition coefficient (Wildman–Crippen LogP) is 3.50. The number of phenols is 1. The van der Waals surface area contributed by atoms with Crippen LogP contribution in [0.3, 0.4) is 0 Å². The number of amides is 1. The van der Waals surface area contributed by atoms with Crippen LogP contribution in [0.5, 0.6) is 5.75 Å². The Morgan fingerprint density at radius 3 is 2.67 bits per heavy atom. The summed E-state index contributed by atoms with van der Waals surface area (Å²) in [5, 5.41) is 25.9. The van der Waals surface area contributed by atoms with E-state index in [0.29, 0.717) is 6.42 Å². The molecular formula is C25H38N2O3. The summed E-state index contributed by atoms with van der Waals surface area (Å²) >= 11 is 0. The number of phenolic OH excluding ortho intramolecular Hbond substituents is 1. The number of nitrogens with zero attached hydrogens (tertiary/aromatic N) is 1. The molecule has 0 spiro atoms. The van der Waals surface area contributed by atoms with Crippen LogP contribution >= 0.6 is 0 Å². The molecule has 5 nitrogen and oxygen atoms in total. The summed E-state index contributed by atoms with van der Waals surface area (Å²) in [7, 11) is 0. The summed E-state index contributed by atoms with van der Waals surface area (Å²) in [6, 6.07) is 5.56. The van der Waals surface area contributed by atoms with Gasteiger partial charge in [-0.25, -0.2) is 0 Å². The summed E-state index contributed by atoms with van der Waals surface area (Å²) in [6.07, 6.45) is 5.71. The van der Waals surface area contributed by atoms with Gasteiger partial charge in [0, 0.05) is 30.0 Å². The average molecular weight is 415 g/mol. The van der Waals surface area contributed by atoms with Crippen molar-refractivity contribution in [2.24, 2.45) is 11.8 Å². The van der Waals surface area contributed by atoms with Crippen LogP contribution in [0, 0.1) is 18.8 Å². The molecule has 30 heavy (non-hydrogen) atoms. The van der Waals surface area contributed by atoms with Crippen LogP contribution in [0.4, 0.5) is 0 Å². The topological polar surface area (TPSA) is 72.8 Å². The molecule has 2 aliphatic carbocycles. The predicted molar refractivity (Wildman–Crippen MR) is 118 cm³/mol. The lowest BCUT2D eigenvalue weighted by molar-refractivity contribution is -0.162. The fraction of sp³-hybridized carbons (Fsp3) is 0.720. The van der Waals surface area contributed by atoms with Gasteiger partial charge in [-0.15, -0.1) is 0 Å². The highest BCUT2D eigenvalue weighted by atomic mass is 16.3. The lowest BCUT2D eigenvalue weighted by Gasteiger charge is -2.61. The van der Waals surface area contributed by atoms with E-state index in [1.54, 1.807) is 6.07 Å². The Morgan fingerprint density at radius 1 is 1.27 bits per heavy atom. The number of fused-ring (bicyclic) bond motifs is 1. The zero-order valence-electron chi connectivity index (χ0n) is 18.9. The van der Waals surface area contributed by atoms with E-state index in [9.17, 15) is 15.0 Å². The minimum atomic E-state index is -0.953. The van der Waals surface area contributed by atoms with E-state index < -0.39 is 11.0 Å². The molecule has 1 amide bonds. The zero-order valence-corrected chi connectivity index (χ0v) is 18.9. The van der Waals surface area contributed by atoms with Gasteiger partial charge in [0.15, 0.2) is 0 Å². The highest BCUT2D eigenvalue weighted by Crippen LogP contribution is 2.55. The third-order valence-electron chi connectivity index (χ3n) is 8.17. The largest absolute Gasteiger partial charge is 0.508 e. The molecule has 4 atom stereocenters. The van der Waals surface area contributed by atoms with Crippen LogP contribution in [0.1, 0.15) is 70.4 Å². The first-order chi connectivity index (χ1) is 14.2. The first kappa shape index (κ1) is 21.6. The third kappa shape index (κ3) is 3.64. The monoisotopic (exact) mass is 414 g/mol. The van der Waals surface area contributed by atoms with Crippen molar-refractivity contribution in [3.8, 4) is 5.75 Å². The Morgan fingerprint density at radius 2 is 2.00 bits per heavy atom. The summed E-state index contributed by atoms with van der Waals surface area (Å²) < 4.78 is 0. The number of nitrogens with one attached hydrogen (secondary N) is 1. The molecule has 1 aromatic rings. The number of hydrogen-bond donors (Lipinski definition) is 3. The maximum Gasteiger partial charge on any atom is 0.222 e. The van der Waals surface area contributed by atoms with Crippen LogP contribution < -0.4 is 5.32 Å². The SMILES string of the molecule is Cc1ccc(O)cc1C12CCC(NC(=O)C(C)C)CC1(O)C(C)N(CC1CC1)CC2. The summed E-state index contributed by atoms with van der Waals surface area (Å²) in [6.45, 7) is 10.1. The molecule has 1 aromatic carbocycles. The molecule has 4 rings (SSSR count). The molecule has 3 aliphatic rings. The number of carbonyl (C=O) groups excluding carboxylic acids is 1. The molecule has 1 aliphatic heterocycles. The van der Waals surface area contributed by atoms with E-state index in [-0.39, 0.29) is 29.7 Å². The van der Waals surface area contributed by atoms with Crippen molar-refractivity contribution in [2.45, 2.75) is 89.3 Å². The van der Waals surface area contributed by atoms with Gasteiger partial charge in [0.05, 0.1) is 5.60 Å². The number of aryl methyl sites for hydroxylation is 1. The summed E-state index contributed by atoms with van der Waals surface area (Å²) in [5.74, 6) is 1.03. The zero-order chi connectivity index (χ0) is 21.7. The number of hydrogen-bond acceptors (Lipinski definition) is 4. The molecular weight excluding hydrogens is 376 g/mol. The Labute approximate surface area is 180 Å². The van der Waals surface area contributed by atoms with Crippen molar-refractivity contribution in [1.29, 1.82) is 0 Å². The van der Waals surface area contributed by atoms with E-state index in [4.69, 9.17) is 0 Å². The average Bonchev–Trinajstić information content (AvgIpc) is 3.51. The Bertz CT molecular complexity index is 806. The molecule has 3 fully saturated rings. The van der Waals surface area contributed by atoms with Gasteiger partial charge in [-0.2, -0.15) is 0 Å². The smallest absolute Gasteiger partial charge is 0.222 e. The molecule has 4 unspecified atom stereocenters. The fourth-order valence-corrected chi connectivity index (χ4v) is 6.05. The van der Waals surface area contributed by atoms with Gasteiger partial charge in [-0.05, 0) is 88.1 Å². The normalized spacial score (nSPS) is 34.6. The molecule has 0 aromatic heterocycles. The molecule has 0 radical (unpaired) electrons. The maximum absolute atomic E-state index is 12.4. The van der Waals surface area contributed by atoms with Crippen LogP contribution in [-0.4, -0.2) is 51.8 Å². The molecule has 1 saturated heterocycles. The van der Waals surface area contributed by atoms with Crippen LogP contribution in [-0.2, 0) is 10.2 Å². The Balaban J connectivity index is 1.70. The lowest BCUT2D eigenvalue weighted by Crippen LogP contribution is -2.71. The highest BCUT2D eigenvalue weighted by Gasteiger charge is 2.61. The van der Waals surface area contributed by atoms with E-state index >= 15 is 0 Å². The number of aromatic hydroxyl groups is 1. The first-order valence-corrected chi connectivity index (χ1v) is 11.7. The standard InChI is InChI=1S/C25H38N2O3/c1-16(2)23(29)26-20-9-10-24(22-13-21(28)8-5-17(22)3)11-12-27(15-19-6-7-19)18(4)25(24,30)14-20/h5,8,13,16,18-20,28,30H,6-7,9-12,14-15H2,1-4H3,(H,26,29). The molecule has 1 heterocycles. The van der Waals surface area contributed by atoms with Gasteiger partial charge >= 0.3 is 0 Å². The van der Waals surface area contributed by atoms with Crippen molar-refractivity contribution >= 4 is 5.91 Å². The molecule has 0 bridgehead atoms. The van der Waals surface area contributed by atoms with E-state index in [0.717, 1.165) is 49.4 Å². The van der Waals surface area contributed by atoms with E-state index in [1.807, 2.05) is 26.0 Å². The van der Waals surface area contributed by atoms with Crippen molar-refractivity contribution in [3.05, 3.63) is 29.3 Å².